The van der Waals surface area contributed by atoms with E-state index in [-0.39, 0.29) is 18.4 Å². The number of nitrogens with one attached hydrogen (secondary N) is 2. The smallest absolute Gasteiger partial charge is 0.238 e. The summed E-state index contributed by atoms with van der Waals surface area (Å²) in [6, 6.07) is 6.26. The molecule has 0 heterocycles. The van der Waals surface area contributed by atoms with Gasteiger partial charge in [0, 0.05) is 10.7 Å². The van der Waals surface area contributed by atoms with E-state index in [0.29, 0.717) is 10.7 Å². The third-order valence-electron chi connectivity index (χ3n) is 2.58. The van der Waals surface area contributed by atoms with Crippen molar-refractivity contribution in [1.82, 2.24) is 5.32 Å². The van der Waals surface area contributed by atoms with Crippen LogP contribution in [-0.2, 0) is 9.59 Å². The van der Waals surface area contributed by atoms with E-state index in [1.807, 2.05) is 13.8 Å². The first-order chi connectivity index (χ1) is 8.90. The van der Waals surface area contributed by atoms with Gasteiger partial charge in [-0.25, -0.2) is 0 Å². The molecule has 0 fully saturated rings. The molecule has 1 unspecified atom stereocenters. The van der Waals surface area contributed by atoms with Crippen molar-refractivity contribution >= 4 is 29.1 Å². The Morgan fingerprint density at radius 3 is 2.32 bits per heavy atom. The topological polar surface area (TPSA) is 84.2 Å². The van der Waals surface area contributed by atoms with Crippen molar-refractivity contribution in [1.29, 1.82) is 0 Å². The van der Waals surface area contributed by atoms with Crippen LogP contribution in [0.15, 0.2) is 24.3 Å². The highest BCUT2D eigenvalue weighted by atomic mass is 35.5. The standard InChI is InChI=1S/C13H18ClN3O2/c1-8(2)12(13(15)19)16-7-11(18)17-10-5-3-9(14)4-6-10/h3-6,8,12,16H,7H2,1-2H3,(H2,15,19)(H,17,18). The summed E-state index contributed by atoms with van der Waals surface area (Å²) in [5, 5.41) is 6.13. The van der Waals surface area contributed by atoms with Crippen molar-refractivity contribution in [2.45, 2.75) is 19.9 Å². The Morgan fingerprint density at radius 1 is 1.26 bits per heavy atom. The Morgan fingerprint density at radius 2 is 1.84 bits per heavy atom. The zero-order valence-corrected chi connectivity index (χ0v) is 11.7. The van der Waals surface area contributed by atoms with Crippen LogP contribution in [0.2, 0.25) is 5.02 Å². The van der Waals surface area contributed by atoms with Crippen LogP contribution >= 0.6 is 11.6 Å². The second-order valence-electron chi connectivity index (χ2n) is 4.56. The number of rotatable bonds is 6. The van der Waals surface area contributed by atoms with Gasteiger partial charge in [-0.05, 0) is 30.2 Å². The zero-order chi connectivity index (χ0) is 14.4. The lowest BCUT2D eigenvalue weighted by atomic mass is 10.0. The first-order valence-electron chi connectivity index (χ1n) is 5.98. The Hall–Kier alpha value is -1.59. The van der Waals surface area contributed by atoms with Gasteiger partial charge in [-0.1, -0.05) is 25.4 Å². The van der Waals surface area contributed by atoms with Crippen LogP contribution in [0, 0.1) is 5.92 Å². The minimum absolute atomic E-state index is 0.0222. The monoisotopic (exact) mass is 283 g/mol. The lowest BCUT2D eigenvalue weighted by Gasteiger charge is -2.18. The van der Waals surface area contributed by atoms with Gasteiger partial charge in [-0.3, -0.25) is 14.9 Å². The summed E-state index contributed by atoms with van der Waals surface area (Å²) in [6.07, 6.45) is 0. The molecule has 0 saturated heterocycles. The van der Waals surface area contributed by atoms with Crippen molar-refractivity contribution in [3.63, 3.8) is 0 Å². The minimum Gasteiger partial charge on any atom is -0.368 e. The number of benzene rings is 1. The fraction of sp³-hybridized carbons (Fsp3) is 0.385. The van der Waals surface area contributed by atoms with Crippen LogP contribution in [0.5, 0.6) is 0 Å². The Labute approximate surface area is 117 Å². The molecule has 1 aromatic rings. The largest absolute Gasteiger partial charge is 0.368 e. The second-order valence-corrected chi connectivity index (χ2v) is 5.00. The SMILES string of the molecule is CC(C)C(NCC(=O)Nc1ccc(Cl)cc1)C(N)=O. The predicted octanol–water partition coefficient (Wildman–Crippen LogP) is 1.38. The van der Waals surface area contributed by atoms with Crippen LogP contribution in [0.25, 0.3) is 0 Å². The van der Waals surface area contributed by atoms with Gasteiger partial charge in [0.2, 0.25) is 11.8 Å². The van der Waals surface area contributed by atoms with Gasteiger partial charge in [-0.15, -0.1) is 0 Å². The molecule has 1 rings (SSSR count). The first kappa shape index (κ1) is 15.5. The molecule has 19 heavy (non-hydrogen) atoms. The first-order valence-corrected chi connectivity index (χ1v) is 6.36. The maximum Gasteiger partial charge on any atom is 0.238 e. The fourth-order valence-electron chi connectivity index (χ4n) is 1.61. The van der Waals surface area contributed by atoms with Crippen LogP contribution in [0.1, 0.15) is 13.8 Å². The molecular weight excluding hydrogens is 266 g/mol. The molecule has 2 amide bonds. The summed E-state index contributed by atoms with van der Waals surface area (Å²) >= 11 is 5.74. The van der Waals surface area contributed by atoms with Crippen LogP contribution < -0.4 is 16.4 Å². The van der Waals surface area contributed by atoms with E-state index in [1.165, 1.54) is 0 Å². The average Bonchev–Trinajstić information content (AvgIpc) is 2.31. The highest BCUT2D eigenvalue weighted by Gasteiger charge is 2.19. The number of nitrogens with two attached hydrogens (primary N) is 1. The summed E-state index contributed by atoms with van der Waals surface area (Å²) in [6.45, 7) is 3.74. The molecule has 104 valence electrons. The Balaban J connectivity index is 2.47. The zero-order valence-electron chi connectivity index (χ0n) is 10.9. The molecular formula is C13H18ClN3O2. The predicted molar refractivity (Wildman–Crippen MR) is 75.9 cm³/mol. The van der Waals surface area contributed by atoms with Crippen molar-refractivity contribution < 1.29 is 9.59 Å². The summed E-state index contributed by atoms with van der Waals surface area (Å²) < 4.78 is 0. The Bertz CT molecular complexity index is 446. The number of anilines is 1. The molecule has 0 aliphatic carbocycles. The molecule has 4 N–H and O–H groups in total. The molecule has 6 heteroatoms. The van der Waals surface area contributed by atoms with Gasteiger partial charge in [0.05, 0.1) is 12.6 Å². The average molecular weight is 284 g/mol. The number of primary amides is 1. The van der Waals surface area contributed by atoms with Gasteiger partial charge >= 0.3 is 0 Å². The van der Waals surface area contributed by atoms with Gasteiger partial charge in [0.1, 0.15) is 0 Å². The maximum atomic E-state index is 11.7. The summed E-state index contributed by atoms with van der Waals surface area (Å²) in [5.41, 5.74) is 5.89. The van der Waals surface area contributed by atoms with E-state index in [1.54, 1.807) is 24.3 Å². The Kier molecular flexibility index (Phi) is 5.79. The van der Waals surface area contributed by atoms with E-state index >= 15 is 0 Å². The minimum atomic E-state index is -0.518. The van der Waals surface area contributed by atoms with E-state index < -0.39 is 11.9 Å². The molecule has 0 bridgehead atoms. The third-order valence-corrected chi connectivity index (χ3v) is 2.84. The van der Waals surface area contributed by atoms with Gasteiger partial charge in [-0.2, -0.15) is 0 Å². The lowest BCUT2D eigenvalue weighted by Crippen LogP contribution is -2.47. The van der Waals surface area contributed by atoms with Crippen molar-refractivity contribution in [3.05, 3.63) is 29.3 Å². The number of amides is 2. The highest BCUT2D eigenvalue weighted by molar-refractivity contribution is 6.30. The summed E-state index contributed by atoms with van der Waals surface area (Å²) in [7, 11) is 0. The van der Waals surface area contributed by atoms with Crippen molar-refractivity contribution in [3.8, 4) is 0 Å². The summed E-state index contributed by atoms with van der Waals surface area (Å²) in [4.78, 5) is 22.9. The highest BCUT2D eigenvalue weighted by Crippen LogP contribution is 2.13. The van der Waals surface area contributed by atoms with Crippen LogP contribution in [0.3, 0.4) is 0 Å². The van der Waals surface area contributed by atoms with E-state index in [2.05, 4.69) is 10.6 Å². The number of halogens is 1. The molecule has 0 aliphatic heterocycles. The maximum absolute atomic E-state index is 11.7. The lowest BCUT2D eigenvalue weighted by molar-refractivity contribution is -0.121. The number of carbonyl (C=O) groups excluding carboxylic acids is 2. The molecule has 1 atom stereocenters. The fourth-order valence-corrected chi connectivity index (χ4v) is 1.73. The molecule has 0 aliphatic rings. The summed E-state index contributed by atoms with van der Waals surface area (Å²) in [5.74, 6) is -0.677. The molecule has 1 aromatic carbocycles. The molecule has 0 saturated carbocycles. The van der Waals surface area contributed by atoms with Gasteiger partial charge in [0.15, 0.2) is 0 Å². The van der Waals surface area contributed by atoms with E-state index in [0.717, 1.165) is 0 Å². The molecule has 0 spiro atoms. The van der Waals surface area contributed by atoms with E-state index in [9.17, 15) is 9.59 Å². The van der Waals surface area contributed by atoms with Crippen molar-refractivity contribution in [2.75, 3.05) is 11.9 Å². The normalized spacial score (nSPS) is 12.2. The van der Waals surface area contributed by atoms with Gasteiger partial charge < -0.3 is 11.1 Å². The van der Waals surface area contributed by atoms with Crippen LogP contribution in [0.4, 0.5) is 5.69 Å². The quantitative estimate of drug-likeness (QED) is 0.737. The number of hydrogen-bond acceptors (Lipinski definition) is 3. The number of carbonyl (C=O) groups is 2. The second kappa shape index (κ2) is 7.11. The number of hydrogen-bond donors (Lipinski definition) is 3. The van der Waals surface area contributed by atoms with Gasteiger partial charge in [0.25, 0.3) is 0 Å². The molecule has 0 radical (unpaired) electrons. The third kappa shape index (κ3) is 5.28. The van der Waals surface area contributed by atoms with Crippen LogP contribution in [-0.4, -0.2) is 24.4 Å². The molecule has 5 nitrogen and oxygen atoms in total. The molecule has 0 aromatic heterocycles. The van der Waals surface area contributed by atoms with Crippen molar-refractivity contribution in [2.24, 2.45) is 11.7 Å². The van der Waals surface area contributed by atoms with E-state index in [4.69, 9.17) is 17.3 Å².